The first kappa shape index (κ1) is 14.1. The van der Waals surface area contributed by atoms with E-state index in [0.717, 1.165) is 29.8 Å². The third-order valence-corrected chi connectivity index (χ3v) is 5.30. The van der Waals surface area contributed by atoms with Crippen molar-refractivity contribution < 1.29 is 0 Å². The Morgan fingerprint density at radius 1 is 1.40 bits per heavy atom. The molecular weight excluding hydrogens is 318 g/mol. The average molecular weight is 340 g/mol. The molecule has 2 unspecified atom stereocenters. The Bertz CT molecular complexity index is 538. The van der Waals surface area contributed by atoms with Crippen LogP contribution in [0.2, 0.25) is 0 Å². The number of aromatic nitrogens is 2. The van der Waals surface area contributed by atoms with E-state index in [2.05, 4.69) is 33.3 Å². The first-order valence-electron chi connectivity index (χ1n) is 7.65. The highest BCUT2D eigenvalue weighted by Crippen LogP contribution is 2.29. The molecule has 3 rings (SSSR count). The molecule has 1 N–H and O–H groups in total. The quantitative estimate of drug-likeness (QED) is 0.914. The van der Waals surface area contributed by atoms with Gasteiger partial charge < -0.3 is 5.32 Å². The normalized spacial score (nSPS) is 26.5. The highest BCUT2D eigenvalue weighted by atomic mass is 79.9. The minimum absolute atomic E-state index is 0.0193. The van der Waals surface area contributed by atoms with Crippen molar-refractivity contribution in [3.05, 3.63) is 21.0 Å². The van der Waals surface area contributed by atoms with Crippen LogP contribution in [0.25, 0.3) is 0 Å². The molecule has 0 spiro atoms. The molecule has 2 atom stereocenters. The molecule has 0 bridgehead atoms. The van der Waals surface area contributed by atoms with Gasteiger partial charge in [0.25, 0.3) is 5.56 Å². The van der Waals surface area contributed by atoms with Gasteiger partial charge >= 0.3 is 0 Å². The van der Waals surface area contributed by atoms with E-state index in [1.165, 1.54) is 25.7 Å². The van der Waals surface area contributed by atoms with E-state index in [0.29, 0.717) is 17.6 Å². The third kappa shape index (κ3) is 2.92. The number of nitrogens with zero attached hydrogens (tertiary/aromatic N) is 2. The Balaban J connectivity index is 1.77. The molecule has 1 heterocycles. The van der Waals surface area contributed by atoms with Crippen molar-refractivity contribution in [2.75, 3.05) is 5.32 Å². The van der Waals surface area contributed by atoms with Crippen LogP contribution in [0.15, 0.2) is 15.5 Å². The lowest BCUT2D eigenvalue weighted by Gasteiger charge is -2.25. The second kappa shape index (κ2) is 5.88. The zero-order valence-corrected chi connectivity index (χ0v) is 13.5. The smallest absolute Gasteiger partial charge is 0.291 e. The average Bonchev–Trinajstić information content (AvgIpc) is 2.77. The lowest BCUT2D eigenvalue weighted by molar-refractivity contribution is 0.262. The molecule has 0 aromatic carbocycles. The summed E-state index contributed by atoms with van der Waals surface area (Å²) in [7, 11) is 0. The first-order valence-corrected chi connectivity index (χ1v) is 8.45. The van der Waals surface area contributed by atoms with Crippen LogP contribution in [0, 0.1) is 11.8 Å². The van der Waals surface area contributed by atoms with Gasteiger partial charge in [0.15, 0.2) is 0 Å². The zero-order chi connectivity index (χ0) is 14.1. The number of hydrogen-bond acceptors (Lipinski definition) is 3. The van der Waals surface area contributed by atoms with E-state index in [1.807, 2.05) is 0 Å². The van der Waals surface area contributed by atoms with Gasteiger partial charge in [-0.3, -0.25) is 4.79 Å². The minimum Gasteiger partial charge on any atom is -0.377 e. The van der Waals surface area contributed by atoms with Gasteiger partial charge in [-0.2, -0.15) is 5.10 Å². The molecule has 2 aliphatic carbocycles. The summed E-state index contributed by atoms with van der Waals surface area (Å²) < 4.78 is 2.42. The van der Waals surface area contributed by atoms with Crippen molar-refractivity contribution in [3.8, 4) is 0 Å². The van der Waals surface area contributed by atoms with Crippen molar-refractivity contribution >= 4 is 21.6 Å². The van der Waals surface area contributed by atoms with E-state index < -0.39 is 0 Å². The minimum atomic E-state index is 0.0193. The number of halogens is 1. The van der Waals surface area contributed by atoms with Crippen LogP contribution >= 0.6 is 15.9 Å². The molecule has 1 aromatic heterocycles. The summed E-state index contributed by atoms with van der Waals surface area (Å²) in [6.07, 6.45) is 9.05. The number of nitrogens with one attached hydrogen (secondary N) is 1. The fourth-order valence-electron chi connectivity index (χ4n) is 3.19. The molecule has 0 radical (unpaired) electrons. The molecule has 20 heavy (non-hydrogen) atoms. The summed E-state index contributed by atoms with van der Waals surface area (Å²) in [5.74, 6) is 1.39. The van der Waals surface area contributed by atoms with Gasteiger partial charge in [-0.25, -0.2) is 4.68 Å². The van der Waals surface area contributed by atoms with E-state index in [1.54, 1.807) is 10.9 Å². The predicted molar refractivity (Wildman–Crippen MR) is 84.0 cm³/mol. The van der Waals surface area contributed by atoms with Gasteiger partial charge in [0, 0.05) is 12.6 Å². The second-order valence-electron chi connectivity index (χ2n) is 6.41. The van der Waals surface area contributed by atoms with Crippen molar-refractivity contribution in [2.45, 2.75) is 58.0 Å². The zero-order valence-electron chi connectivity index (χ0n) is 11.9. The Morgan fingerprint density at radius 2 is 2.20 bits per heavy atom. The monoisotopic (exact) mass is 339 g/mol. The van der Waals surface area contributed by atoms with E-state index in [-0.39, 0.29) is 5.56 Å². The van der Waals surface area contributed by atoms with Gasteiger partial charge in [0.05, 0.1) is 10.7 Å². The molecule has 2 saturated carbocycles. The fraction of sp³-hybridized carbons (Fsp3) is 0.733. The lowest BCUT2D eigenvalue weighted by atomic mass is 9.85. The molecule has 110 valence electrons. The molecule has 0 saturated heterocycles. The molecule has 5 heteroatoms. The van der Waals surface area contributed by atoms with Crippen LogP contribution < -0.4 is 10.9 Å². The number of anilines is 1. The predicted octanol–water partition coefficient (Wildman–Crippen LogP) is 3.41. The summed E-state index contributed by atoms with van der Waals surface area (Å²) >= 11 is 3.46. The SMILES string of the molecule is CC1CCC(Nc2c(Br)cnn(CC3CCC3)c2=O)C1. The van der Waals surface area contributed by atoms with E-state index in [4.69, 9.17) is 0 Å². The standard InChI is InChI=1S/C15H22BrN3O/c1-10-5-6-12(7-10)18-14-13(16)8-17-19(15(14)20)9-11-3-2-4-11/h8,10-12,18H,2-7,9H2,1H3. The fourth-order valence-corrected chi connectivity index (χ4v) is 3.57. The molecule has 0 amide bonds. The van der Waals surface area contributed by atoms with Crippen molar-refractivity contribution in [1.82, 2.24) is 9.78 Å². The largest absolute Gasteiger partial charge is 0.377 e. The van der Waals surface area contributed by atoms with E-state index >= 15 is 0 Å². The van der Waals surface area contributed by atoms with Crippen LogP contribution in [0.3, 0.4) is 0 Å². The topological polar surface area (TPSA) is 46.9 Å². The molecule has 1 aromatic rings. The van der Waals surface area contributed by atoms with Crippen LogP contribution in [0.4, 0.5) is 5.69 Å². The summed E-state index contributed by atoms with van der Waals surface area (Å²) in [6.45, 7) is 3.04. The lowest BCUT2D eigenvalue weighted by Crippen LogP contribution is -2.32. The van der Waals surface area contributed by atoms with Gasteiger partial charge in [-0.1, -0.05) is 13.3 Å². The van der Waals surface area contributed by atoms with E-state index in [9.17, 15) is 4.79 Å². The van der Waals surface area contributed by atoms with Crippen molar-refractivity contribution in [2.24, 2.45) is 11.8 Å². The van der Waals surface area contributed by atoms with Gasteiger partial charge in [-0.15, -0.1) is 0 Å². The Morgan fingerprint density at radius 3 is 2.80 bits per heavy atom. The van der Waals surface area contributed by atoms with Crippen LogP contribution in [-0.2, 0) is 6.54 Å². The maximum absolute atomic E-state index is 12.5. The number of rotatable bonds is 4. The van der Waals surface area contributed by atoms with Crippen molar-refractivity contribution in [3.63, 3.8) is 0 Å². The Kier molecular flexibility index (Phi) is 4.15. The van der Waals surface area contributed by atoms with Crippen molar-refractivity contribution in [1.29, 1.82) is 0 Å². The van der Waals surface area contributed by atoms with Crippen LogP contribution in [0.1, 0.15) is 45.4 Å². The summed E-state index contributed by atoms with van der Waals surface area (Å²) in [5, 5.41) is 7.70. The third-order valence-electron chi connectivity index (χ3n) is 4.70. The van der Waals surface area contributed by atoms with Crippen LogP contribution in [0.5, 0.6) is 0 Å². The van der Waals surface area contributed by atoms with Gasteiger partial charge in [0.2, 0.25) is 0 Å². The highest BCUT2D eigenvalue weighted by Gasteiger charge is 2.24. The molecular formula is C15H22BrN3O. The molecule has 4 nitrogen and oxygen atoms in total. The molecule has 0 aliphatic heterocycles. The summed E-state index contributed by atoms with van der Waals surface area (Å²) in [5.41, 5.74) is 0.712. The van der Waals surface area contributed by atoms with Gasteiger partial charge in [-0.05, 0) is 59.9 Å². The number of hydrogen-bond donors (Lipinski definition) is 1. The van der Waals surface area contributed by atoms with Crippen LogP contribution in [-0.4, -0.2) is 15.8 Å². The van der Waals surface area contributed by atoms with Gasteiger partial charge in [0.1, 0.15) is 5.69 Å². The Labute approximate surface area is 128 Å². The molecule has 2 aliphatic rings. The Hall–Kier alpha value is -0.840. The summed E-state index contributed by atoms with van der Waals surface area (Å²) in [6, 6.07) is 0.425. The first-order chi connectivity index (χ1) is 9.63. The second-order valence-corrected chi connectivity index (χ2v) is 7.27. The maximum Gasteiger partial charge on any atom is 0.291 e. The maximum atomic E-state index is 12.5. The summed E-state index contributed by atoms with van der Waals surface area (Å²) in [4.78, 5) is 12.5. The molecule has 2 fully saturated rings. The highest BCUT2D eigenvalue weighted by molar-refractivity contribution is 9.10.